The summed E-state index contributed by atoms with van der Waals surface area (Å²) in [7, 11) is 0. The van der Waals surface area contributed by atoms with Crippen LogP contribution in [0.3, 0.4) is 0 Å². The number of carbonyl (C=O) groups excluding carboxylic acids is 1. The van der Waals surface area contributed by atoms with E-state index in [-0.39, 0.29) is 12.3 Å². The van der Waals surface area contributed by atoms with Crippen LogP contribution in [0.25, 0.3) is 10.9 Å². The van der Waals surface area contributed by atoms with Crippen LogP contribution in [0.4, 0.5) is 8.78 Å². The van der Waals surface area contributed by atoms with Crippen LogP contribution in [-0.2, 0) is 11.3 Å². The number of aromatic nitrogens is 2. The highest BCUT2D eigenvalue weighted by atomic mass is 35.5. The number of hydrazone groups is 1. The van der Waals surface area contributed by atoms with Crippen LogP contribution in [-0.4, -0.2) is 26.9 Å². The molecule has 0 saturated heterocycles. The molecule has 1 atom stereocenters. The normalized spacial score (nSPS) is 15.0. The summed E-state index contributed by atoms with van der Waals surface area (Å²) in [5, 5.41) is 11.2. The van der Waals surface area contributed by atoms with Crippen LogP contribution >= 0.6 is 11.6 Å². The molecule has 8 heteroatoms. The first-order chi connectivity index (χ1) is 15.4. The maximum atomic E-state index is 13.6. The molecule has 0 saturated carbocycles. The van der Waals surface area contributed by atoms with Crippen LogP contribution in [0.1, 0.15) is 44.7 Å². The Balaban J connectivity index is 0.00000141. The van der Waals surface area contributed by atoms with Gasteiger partial charge in [-0.2, -0.15) is 10.2 Å². The molecule has 0 N–H and O–H groups in total. The molecule has 0 fully saturated rings. The topological polar surface area (TPSA) is 50.5 Å². The number of benzene rings is 2. The third-order valence-electron chi connectivity index (χ3n) is 5.00. The molecule has 5 nitrogen and oxygen atoms in total. The predicted molar refractivity (Wildman–Crippen MR) is 124 cm³/mol. The summed E-state index contributed by atoms with van der Waals surface area (Å²) in [4.78, 5) is 12.7. The average Bonchev–Trinajstić information content (AvgIpc) is 3.39. The molecule has 1 unspecified atom stereocenters. The molecular weight excluding hydrogens is 434 g/mol. The lowest BCUT2D eigenvalue weighted by molar-refractivity contribution is -0.133. The number of rotatable bonds is 6. The Morgan fingerprint density at radius 3 is 2.53 bits per heavy atom. The Kier molecular flexibility index (Phi) is 7.75. The summed E-state index contributed by atoms with van der Waals surface area (Å²) in [6.07, 6.45) is 2.57. The zero-order valence-corrected chi connectivity index (χ0v) is 18.8. The number of amides is 1. The lowest BCUT2D eigenvalue weighted by atomic mass is 10.0. The van der Waals surface area contributed by atoms with Gasteiger partial charge in [0, 0.05) is 30.5 Å². The van der Waals surface area contributed by atoms with Gasteiger partial charge in [-0.05, 0) is 36.2 Å². The minimum absolute atomic E-state index is 0.170. The van der Waals surface area contributed by atoms with E-state index in [9.17, 15) is 13.6 Å². The molecule has 0 aliphatic carbocycles. The summed E-state index contributed by atoms with van der Waals surface area (Å²) < 4.78 is 28.8. The summed E-state index contributed by atoms with van der Waals surface area (Å²) >= 11 is 6.38. The van der Waals surface area contributed by atoms with Crippen LogP contribution in [0.5, 0.6) is 0 Å². The molecule has 2 aromatic carbocycles. The van der Waals surface area contributed by atoms with E-state index in [1.54, 1.807) is 10.9 Å². The number of carbonyl (C=O) groups is 1. The molecule has 32 heavy (non-hydrogen) atoms. The fraction of sp³-hybridized carbons (Fsp3) is 0.292. The van der Waals surface area contributed by atoms with Crippen molar-refractivity contribution in [3.63, 3.8) is 0 Å². The third-order valence-corrected chi connectivity index (χ3v) is 5.40. The highest BCUT2D eigenvalue weighted by Gasteiger charge is 2.28. The van der Waals surface area contributed by atoms with Gasteiger partial charge in [0.05, 0.1) is 18.1 Å². The van der Waals surface area contributed by atoms with Crippen molar-refractivity contribution in [2.24, 2.45) is 5.10 Å². The Labute approximate surface area is 191 Å². The number of hydrogen-bond acceptors (Lipinski definition) is 3. The monoisotopic (exact) mass is 458 g/mol. The third kappa shape index (κ3) is 5.22. The first-order valence-electron chi connectivity index (χ1n) is 10.5. The second-order valence-electron chi connectivity index (χ2n) is 7.21. The Bertz CT molecular complexity index is 1140. The zero-order chi connectivity index (χ0) is 23.3. The maximum Gasteiger partial charge on any atom is 0.243 e. The van der Waals surface area contributed by atoms with Gasteiger partial charge in [-0.15, -0.1) is 0 Å². The van der Waals surface area contributed by atoms with E-state index in [0.29, 0.717) is 30.1 Å². The molecule has 4 rings (SSSR count). The summed E-state index contributed by atoms with van der Waals surface area (Å²) in [6, 6.07) is 10.3. The minimum Gasteiger partial charge on any atom is -0.273 e. The van der Waals surface area contributed by atoms with E-state index in [0.717, 1.165) is 22.5 Å². The molecule has 3 aromatic rings. The molecule has 1 aliphatic heterocycles. The SMILES string of the molecule is C=C(CCC(=O)N1N=CCC1c1cc(F)cc(F)c1)Cn1nc2ccccc2c1Cl.CC. The second kappa shape index (κ2) is 10.5. The number of nitrogens with zero attached hydrogens (tertiary/aromatic N) is 4. The van der Waals surface area contributed by atoms with Gasteiger partial charge in [0.25, 0.3) is 0 Å². The van der Waals surface area contributed by atoms with Gasteiger partial charge in [-0.1, -0.05) is 49.7 Å². The Morgan fingerprint density at radius 2 is 1.84 bits per heavy atom. The van der Waals surface area contributed by atoms with Gasteiger partial charge in [0.15, 0.2) is 0 Å². The number of allylic oxidation sites excluding steroid dienone is 1. The zero-order valence-electron chi connectivity index (χ0n) is 18.1. The van der Waals surface area contributed by atoms with Gasteiger partial charge in [0.1, 0.15) is 16.8 Å². The van der Waals surface area contributed by atoms with Gasteiger partial charge >= 0.3 is 0 Å². The molecule has 0 spiro atoms. The fourth-order valence-electron chi connectivity index (χ4n) is 3.54. The fourth-order valence-corrected chi connectivity index (χ4v) is 3.80. The minimum atomic E-state index is -0.679. The van der Waals surface area contributed by atoms with Gasteiger partial charge in [-0.3, -0.25) is 4.79 Å². The first kappa shape index (κ1) is 23.6. The highest BCUT2D eigenvalue weighted by molar-refractivity contribution is 6.34. The summed E-state index contributed by atoms with van der Waals surface area (Å²) in [5.41, 5.74) is 1.96. The Hall–Kier alpha value is -3.06. The van der Waals surface area contributed by atoms with Crippen LogP contribution in [0.15, 0.2) is 59.7 Å². The van der Waals surface area contributed by atoms with E-state index < -0.39 is 17.7 Å². The van der Waals surface area contributed by atoms with E-state index in [2.05, 4.69) is 16.8 Å². The van der Waals surface area contributed by atoms with Crippen molar-refractivity contribution in [1.82, 2.24) is 14.8 Å². The molecule has 0 radical (unpaired) electrons. The predicted octanol–water partition coefficient (Wildman–Crippen LogP) is 6.29. The maximum absolute atomic E-state index is 13.6. The van der Waals surface area contributed by atoms with E-state index in [4.69, 9.17) is 11.6 Å². The summed E-state index contributed by atoms with van der Waals surface area (Å²) in [5.74, 6) is -1.60. The number of hydrogen-bond donors (Lipinski definition) is 0. The van der Waals surface area contributed by atoms with Crippen molar-refractivity contribution in [3.8, 4) is 0 Å². The largest absolute Gasteiger partial charge is 0.273 e. The number of fused-ring (bicyclic) bond motifs is 1. The van der Waals surface area contributed by atoms with Crippen LogP contribution in [0.2, 0.25) is 5.15 Å². The Morgan fingerprint density at radius 1 is 1.16 bits per heavy atom. The molecule has 168 valence electrons. The van der Waals surface area contributed by atoms with E-state index >= 15 is 0 Å². The van der Waals surface area contributed by atoms with Gasteiger partial charge < -0.3 is 0 Å². The van der Waals surface area contributed by atoms with Gasteiger partial charge in [-0.25, -0.2) is 18.5 Å². The van der Waals surface area contributed by atoms with Crippen LogP contribution in [0, 0.1) is 11.6 Å². The van der Waals surface area contributed by atoms with Crippen molar-refractivity contribution < 1.29 is 13.6 Å². The second-order valence-corrected chi connectivity index (χ2v) is 7.56. The summed E-state index contributed by atoms with van der Waals surface area (Å²) in [6.45, 7) is 8.42. The molecule has 1 aliphatic rings. The number of halogens is 3. The first-order valence-corrected chi connectivity index (χ1v) is 10.9. The lowest BCUT2D eigenvalue weighted by Gasteiger charge is -2.22. The van der Waals surface area contributed by atoms with Crippen molar-refractivity contribution in [3.05, 3.63) is 77.0 Å². The molecular formula is C24H25ClF2N4O. The smallest absolute Gasteiger partial charge is 0.243 e. The van der Waals surface area contributed by atoms with Gasteiger partial charge in [0.2, 0.25) is 5.91 Å². The standard InChI is InChI=1S/C22H19ClF2N4O.C2H6/c1-14(13-28-22(23)18-4-2-3-5-19(18)27-28)6-7-21(30)29-20(8-9-26-29)15-10-16(24)12-17(25)11-15;1-2/h2-5,9-12,20H,1,6-8,13H2;1-2H3. The molecule has 0 bridgehead atoms. The van der Waals surface area contributed by atoms with E-state index in [1.165, 1.54) is 17.1 Å². The molecule has 1 amide bonds. The highest BCUT2D eigenvalue weighted by Crippen LogP contribution is 2.30. The quantitative estimate of drug-likeness (QED) is 0.407. The van der Waals surface area contributed by atoms with Crippen molar-refractivity contribution in [1.29, 1.82) is 0 Å². The lowest BCUT2D eigenvalue weighted by Crippen LogP contribution is -2.27. The average molecular weight is 459 g/mol. The molecule has 1 aromatic heterocycles. The van der Waals surface area contributed by atoms with Crippen molar-refractivity contribution in [2.45, 2.75) is 45.7 Å². The van der Waals surface area contributed by atoms with E-state index in [1.807, 2.05) is 38.1 Å². The van der Waals surface area contributed by atoms with Crippen molar-refractivity contribution >= 4 is 34.6 Å². The molecule has 2 heterocycles. The van der Waals surface area contributed by atoms with Crippen LogP contribution < -0.4 is 0 Å². The van der Waals surface area contributed by atoms with Crippen molar-refractivity contribution in [2.75, 3.05) is 0 Å².